The molecule has 0 bridgehead atoms. The van der Waals surface area contributed by atoms with Crippen molar-refractivity contribution in [3.63, 3.8) is 0 Å². The van der Waals surface area contributed by atoms with Crippen LogP contribution in [0, 0.1) is 12.3 Å². The quantitative estimate of drug-likeness (QED) is 0.381. The van der Waals surface area contributed by atoms with Crippen molar-refractivity contribution >= 4 is 34.8 Å². The summed E-state index contributed by atoms with van der Waals surface area (Å²) in [6, 6.07) is 15.8. The SMILES string of the molecule is C#Cc1cnc(Nc2cccc(N3CCOCC3)c2)nc1Sc1ccc(N)cc1. The highest BCUT2D eigenvalue weighted by Crippen LogP contribution is 2.30. The lowest BCUT2D eigenvalue weighted by Gasteiger charge is -2.29. The Morgan fingerprint density at radius 2 is 1.93 bits per heavy atom. The van der Waals surface area contributed by atoms with Gasteiger partial charge in [0.1, 0.15) is 5.03 Å². The van der Waals surface area contributed by atoms with Gasteiger partial charge < -0.3 is 20.7 Å². The molecule has 1 saturated heterocycles. The van der Waals surface area contributed by atoms with E-state index in [9.17, 15) is 0 Å². The van der Waals surface area contributed by atoms with E-state index < -0.39 is 0 Å². The van der Waals surface area contributed by atoms with Gasteiger partial charge in [0.25, 0.3) is 0 Å². The summed E-state index contributed by atoms with van der Waals surface area (Å²) in [5.74, 6) is 3.15. The lowest BCUT2D eigenvalue weighted by Crippen LogP contribution is -2.36. The van der Waals surface area contributed by atoms with E-state index in [1.165, 1.54) is 11.8 Å². The standard InChI is InChI=1S/C22H21N5OS/c1-2-16-15-24-22(26-21(16)29-20-8-6-17(23)7-9-20)25-18-4-3-5-19(14-18)27-10-12-28-13-11-27/h1,3-9,14-15H,10-13,23H2,(H,24,25,26). The van der Waals surface area contributed by atoms with Crippen LogP contribution in [-0.4, -0.2) is 36.3 Å². The van der Waals surface area contributed by atoms with Crippen molar-refractivity contribution in [3.8, 4) is 12.3 Å². The predicted molar refractivity (Wildman–Crippen MR) is 118 cm³/mol. The molecule has 7 heteroatoms. The van der Waals surface area contributed by atoms with Crippen LogP contribution in [0.15, 0.2) is 64.6 Å². The van der Waals surface area contributed by atoms with Gasteiger partial charge in [0, 0.05) is 41.2 Å². The van der Waals surface area contributed by atoms with E-state index in [2.05, 4.69) is 38.2 Å². The number of rotatable bonds is 5. The fraction of sp³-hybridized carbons (Fsp3) is 0.182. The maximum absolute atomic E-state index is 5.76. The minimum absolute atomic E-state index is 0.501. The Hall–Kier alpha value is -3.21. The van der Waals surface area contributed by atoms with E-state index in [-0.39, 0.29) is 0 Å². The van der Waals surface area contributed by atoms with Gasteiger partial charge in [-0.25, -0.2) is 9.97 Å². The summed E-state index contributed by atoms with van der Waals surface area (Å²) in [6.07, 6.45) is 7.30. The van der Waals surface area contributed by atoms with Crippen molar-refractivity contribution in [3.05, 3.63) is 60.3 Å². The zero-order valence-corrected chi connectivity index (χ0v) is 16.7. The first-order valence-electron chi connectivity index (χ1n) is 9.28. The fourth-order valence-electron chi connectivity index (χ4n) is 2.98. The molecule has 1 fully saturated rings. The second-order valence-electron chi connectivity index (χ2n) is 6.50. The zero-order chi connectivity index (χ0) is 20.1. The molecule has 2 heterocycles. The van der Waals surface area contributed by atoms with Crippen LogP contribution in [-0.2, 0) is 4.74 Å². The van der Waals surface area contributed by atoms with Crippen molar-refractivity contribution < 1.29 is 4.74 Å². The Morgan fingerprint density at radius 1 is 1.14 bits per heavy atom. The van der Waals surface area contributed by atoms with Gasteiger partial charge in [0.2, 0.25) is 5.95 Å². The molecule has 1 aromatic heterocycles. The topological polar surface area (TPSA) is 76.3 Å². The highest BCUT2D eigenvalue weighted by atomic mass is 32.2. The van der Waals surface area contributed by atoms with E-state index in [1.807, 2.05) is 36.4 Å². The van der Waals surface area contributed by atoms with E-state index >= 15 is 0 Å². The molecule has 29 heavy (non-hydrogen) atoms. The third-order valence-electron chi connectivity index (χ3n) is 4.48. The number of nitrogens with two attached hydrogens (primary N) is 1. The van der Waals surface area contributed by atoms with E-state index in [0.717, 1.165) is 53.3 Å². The largest absolute Gasteiger partial charge is 0.399 e. The van der Waals surface area contributed by atoms with Gasteiger partial charge >= 0.3 is 0 Å². The van der Waals surface area contributed by atoms with E-state index in [4.69, 9.17) is 16.9 Å². The molecule has 3 aromatic rings. The number of hydrogen-bond acceptors (Lipinski definition) is 7. The third kappa shape index (κ3) is 4.80. The summed E-state index contributed by atoms with van der Waals surface area (Å²) in [7, 11) is 0. The second-order valence-corrected chi connectivity index (χ2v) is 7.56. The number of benzene rings is 2. The normalized spacial score (nSPS) is 13.7. The van der Waals surface area contributed by atoms with E-state index in [1.54, 1.807) is 6.20 Å². The maximum atomic E-state index is 5.76. The molecule has 3 N–H and O–H groups in total. The van der Waals surface area contributed by atoms with Gasteiger partial charge in [-0.15, -0.1) is 6.42 Å². The highest BCUT2D eigenvalue weighted by molar-refractivity contribution is 7.99. The molecule has 1 aliphatic rings. The van der Waals surface area contributed by atoms with Gasteiger partial charge in [-0.2, -0.15) is 0 Å². The van der Waals surface area contributed by atoms with Crippen molar-refractivity contribution in [2.75, 3.05) is 42.3 Å². The zero-order valence-electron chi connectivity index (χ0n) is 15.8. The number of terminal acetylenes is 1. The first-order chi connectivity index (χ1) is 14.2. The summed E-state index contributed by atoms with van der Waals surface area (Å²) in [4.78, 5) is 12.3. The molecule has 0 unspecified atom stereocenters. The number of nitrogens with one attached hydrogen (secondary N) is 1. The number of hydrogen-bond donors (Lipinski definition) is 2. The van der Waals surface area contributed by atoms with Crippen molar-refractivity contribution in [2.45, 2.75) is 9.92 Å². The average molecular weight is 404 g/mol. The summed E-state index contributed by atoms with van der Waals surface area (Å²) in [5, 5.41) is 4.01. The summed E-state index contributed by atoms with van der Waals surface area (Å²) in [5.41, 5.74) is 9.21. The molecule has 0 aliphatic carbocycles. The molecule has 0 saturated carbocycles. The second kappa shape index (κ2) is 8.86. The Balaban J connectivity index is 1.54. The Morgan fingerprint density at radius 3 is 2.69 bits per heavy atom. The Bertz CT molecular complexity index is 1030. The Labute approximate surface area is 174 Å². The molecule has 6 nitrogen and oxygen atoms in total. The molecule has 0 radical (unpaired) electrons. The van der Waals surface area contributed by atoms with Gasteiger partial charge in [0.05, 0.1) is 18.8 Å². The van der Waals surface area contributed by atoms with Crippen LogP contribution in [0.25, 0.3) is 0 Å². The minimum atomic E-state index is 0.501. The van der Waals surface area contributed by atoms with Crippen LogP contribution in [0.2, 0.25) is 0 Å². The molecule has 146 valence electrons. The number of nitrogen functional groups attached to an aromatic ring is 1. The first kappa shape index (κ1) is 19.1. The Kier molecular flexibility index (Phi) is 5.84. The monoisotopic (exact) mass is 403 g/mol. The molecule has 2 aromatic carbocycles. The number of nitrogens with zero attached hydrogens (tertiary/aromatic N) is 3. The third-order valence-corrected chi connectivity index (χ3v) is 5.49. The molecule has 4 rings (SSSR count). The maximum Gasteiger partial charge on any atom is 0.228 e. The predicted octanol–water partition coefficient (Wildman–Crippen LogP) is 3.77. The van der Waals surface area contributed by atoms with Crippen LogP contribution < -0.4 is 16.0 Å². The molecule has 0 atom stereocenters. The van der Waals surface area contributed by atoms with Crippen LogP contribution in [0.4, 0.5) is 23.0 Å². The highest BCUT2D eigenvalue weighted by Gasteiger charge is 2.12. The van der Waals surface area contributed by atoms with Crippen molar-refractivity contribution in [1.82, 2.24) is 9.97 Å². The van der Waals surface area contributed by atoms with Gasteiger partial charge in [-0.3, -0.25) is 0 Å². The average Bonchev–Trinajstić information content (AvgIpc) is 2.76. The molecule has 0 amide bonds. The van der Waals surface area contributed by atoms with Crippen molar-refractivity contribution in [1.29, 1.82) is 0 Å². The number of aromatic nitrogens is 2. The van der Waals surface area contributed by atoms with Crippen LogP contribution in [0.5, 0.6) is 0 Å². The lowest BCUT2D eigenvalue weighted by molar-refractivity contribution is 0.122. The number of morpholine rings is 1. The van der Waals surface area contributed by atoms with Crippen LogP contribution >= 0.6 is 11.8 Å². The van der Waals surface area contributed by atoms with Crippen LogP contribution in [0.1, 0.15) is 5.56 Å². The first-order valence-corrected chi connectivity index (χ1v) is 10.1. The summed E-state index contributed by atoms with van der Waals surface area (Å²) < 4.78 is 5.43. The summed E-state index contributed by atoms with van der Waals surface area (Å²) in [6.45, 7) is 3.28. The number of ether oxygens (including phenoxy) is 1. The smallest absolute Gasteiger partial charge is 0.228 e. The van der Waals surface area contributed by atoms with Gasteiger partial charge in [-0.1, -0.05) is 23.7 Å². The van der Waals surface area contributed by atoms with Crippen molar-refractivity contribution in [2.24, 2.45) is 0 Å². The molecular weight excluding hydrogens is 382 g/mol. The summed E-state index contributed by atoms with van der Waals surface area (Å²) >= 11 is 1.49. The lowest BCUT2D eigenvalue weighted by atomic mass is 10.2. The molecule has 1 aliphatic heterocycles. The molecule has 0 spiro atoms. The van der Waals surface area contributed by atoms with E-state index in [0.29, 0.717) is 11.5 Å². The fourth-order valence-corrected chi connectivity index (χ4v) is 3.83. The van der Waals surface area contributed by atoms with Gasteiger partial charge in [0.15, 0.2) is 0 Å². The number of anilines is 4. The molecular formula is C22H21N5OS. The minimum Gasteiger partial charge on any atom is -0.399 e. The van der Waals surface area contributed by atoms with Gasteiger partial charge in [-0.05, 0) is 42.5 Å². The van der Waals surface area contributed by atoms with Crippen LogP contribution in [0.3, 0.4) is 0 Å².